The Kier molecular flexibility index (Phi) is 4.15. The third kappa shape index (κ3) is 2.73. The number of aromatic nitrogens is 1. The third-order valence-corrected chi connectivity index (χ3v) is 5.67. The van der Waals surface area contributed by atoms with Crippen molar-refractivity contribution >= 4 is 34.4 Å². The van der Waals surface area contributed by atoms with Gasteiger partial charge in [0, 0.05) is 17.7 Å². The molecule has 0 saturated heterocycles. The van der Waals surface area contributed by atoms with Gasteiger partial charge in [-0.3, -0.25) is 25.1 Å². The van der Waals surface area contributed by atoms with Gasteiger partial charge in [-0.2, -0.15) is 5.26 Å². The first-order chi connectivity index (χ1) is 15.8. The van der Waals surface area contributed by atoms with Crippen LogP contribution in [-0.4, -0.2) is 14.8 Å². The number of nitrogens with zero attached hydrogens (tertiary/aromatic N) is 5. The van der Waals surface area contributed by atoms with E-state index in [2.05, 4.69) is 10.3 Å². The molecule has 0 saturated carbocycles. The molecule has 2 aliphatic rings. The van der Waals surface area contributed by atoms with Gasteiger partial charge in [0.25, 0.3) is 11.4 Å². The van der Waals surface area contributed by atoms with E-state index in [0.717, 1.165) is 0 Å². The van der Waals surface area contributed by atoms with Crippen LogP contribution in [0.3, 0.4) is 0 Å². The zero-order valence-corrected chi connectivity index (χ0v) is 16.7. The predicted molar refractivity (Wildman–Crippen MR) is 119 cm³/mol. The summed E-state index contributed by atoms with van der Waals surface area (Å²) in [5.74, 6) is -0.771. The molecule has 1 unspecified atom stereocenters. The molecule has 5 rings (SSSR count). The van der Waals surface area contributed by atoms with Crippen LogP contribution >= 0.6 is 0 Å². The molecule has 0 bridgehead atoms. The molecular formula is C21H14N8O4. The Labute approximate surface area is 185 Å². The molecule has 3 aromatic rings. The van der Waals surface area contributed by atoms with Crippen LogP contribution in [-0.2, 0) is 0 Å². The number of rotatable bonds is 3. The summed E-state index contributed by atoms with van der Waals surface area (Å²) in [6.45, 7) is 0. The first kappa shape index (κ1) is 19.8. The van der Waals surface area contributed by atoms with Crippen LogP contribution in [0.2, 0.25) is 0 Å². The van der Waals surface area contributed by atoms with Gasteiger partial charge in [0.1, 0.15) is 29.2 Å². The highest BCUT2D eigenvalue weighted by molar-refractivity contribution is 5.92. The van der Waals surface area contributed by atoms with E-state index in [0.29, 0.717) is 16.9 Å². The minimum absolute atomic E-state index is 0.0360. The normalized spacial score (nSPS) is 15.7. The van der Waals surface area contributed by atoms with Gasteiger partial charge in [0.15, 0.2) is 5.82 Å². The highest BCUT2D eigenvalue weighted by Crippen LogP contribution is 2.54. The van der Waals surface area contributed by atoms with Crippen molar-refractivity contribution in [2.45, 2.75) is 5.92 Å². The lowest BCUT2D eigenvalue weighted by molar-refractivity contribution is -0.430. The summed E-state index contributed by atoms with van der Waals surface area (Å²) < 4.78 is 0. The highest BCUT2D eigenvalue weighted by atomic mass is 16.6. The monoisotopic (exact) mass is 442 g/mol. The van der Waals surface area contributed by atoms with Crippen molar-refractivity contribution in [3.63, 3.8) is 0 Å². The standard InChI is InChI=1S/C21H14N8O4/c22-9-12-17(23)16-15(10-5-7-11(8-6-10)28(30)31)18(29(32)33)21-25-13-3-1-2-4-14(13)27(21)20(16)26-19(12)24/h1-8,15,25H,(H4,23,24,26). The van der Waals surface area contributed by atoms with Gasteiger partial charge < -0.3 is 16.8 Å². The molecular weight excluding hydrogens is 428 g/mol. The quantitative estimate of drug-likeness (QED) is 0.401. The Bertz CT molecular complexity index is 1440. The van der Waals surface area contributed by atoms with Crippen molar-refractivity contribution in [3.05, 3.63) is 97.0 Å². The maximum Gasteiger partial charge on any atom is 0.299 e. The van der Waals surface area contributed by atoms with Crippen LogP contribution in [0.4, 0.5) is 34.4 Å². The van der Waals surface area contributed by atoms with E-state index in [1.165, 1.54) is 24.3 Å². The van der Waals surface area contributed by atoms with Crippen LogP contribution in [0.15, 0.2) is 60.0 Å². The van der Waals surface area contributed by atoms with Crippen molar-refractivity contribution in [3.8, 4) is 6.07 Å². The number of benzene rings is 2. The van der Waals surface area contributed by atoms with Crippen molar-refractivity contribution in [2.24, 2.45) is 0 Å². The molecule has 12 nitrogen and oxygen atoms in total. The second-order valence-corrected chi connectivity index (χ2v) is 7.38. The summed E-state index contributed by atoms with van der Waals surface area (Å²) in [4.78, 5) is 28.3. The lowest BCUT2D eigenvalue weighted by Gasteiger charge is -2.32. The molecule has 0 fully saturated rings. The van der Waals surface area contributed by atoms with Gasteiger partial charge >= 0.3 is 0 Å². The van der Waals surface area contributed by atoms with E-state index in [1.807, 2.05) is 6.07 Å². The molecule has 2 aromatic carbocycles. The van der Waals surface area contributed by atoms with Gasteiger partial charge in [-0.1, -0.05) is 24.3 Å². The number of nitrogens with one attached hydrogen (secondary N) is 1. The van der Waals surface area contributed by atoms with Crippen molar-refractivity contribution < 1.29 is 9.85 Å². The minimum Gasteiger partial charge on any atom is -0.397 e. The number of nitrogens with two attached hydrogens (primary N) is 2. The highest BCUT2D eigenvalue weighted by Gasteiger charge is 2.47. The number of hydrogen-bond donors (Lipinski definition) is 3. The second kappa shape index (κ2) is 6.92. The molecule has 0 aliphatic carbocycles. The van der Waals surface area contributed by atoms with Crippen LogP contribution in [0, 0.1) is 31.6 Å². The minimum atomic E-state index is -1.07. The maximum atomic E-state index is 12.4. The molecule has 33 heavy (non-hydrogen) atoms. The van der Waals surface area contributed by atoms with Gasteiger partial charge in [-0.05, 0) is 17.7 Å². The number of nitro benzene ring substituents is 1. The average Bonchev–Trinajstić information content (AvgIpc) is 3.17. The molecule has 0 spiro atoms. The van der Waals surface area contributed by atoms with Crippen LogP contribution in [0.25, 0.3) is 0 Å². The molecule has 162 valence electrons. The molecule has 3 heterocycles. The number of nitriles is 1. The number of para-hydroxylation sites is 2. The summed E-state index contributed by atoms with van der Waals surface area (Å²) in [5.41, 5.74) is 13.6. The SMILES string of the molecule is N#Cc1c(N)nc2c(c1N)C(c1ccc([N+](=O)[O-])cc1)C([N+](=O)[O-])=C1Nc3ccccc3N12. The number of nitrogen functional groups attached to an aromatic ring is 2. The summed E-state index contributed by atoms with van der Waals surface area (Å²) in [6.07, 6.45) is 0. The number of non-ortho nitro benzene ring substituents is 1. The number of anilines is 5. The number of pyridine rings is 1. The Balaban J connectivity index is 1.87. The van der Waals surface area contributed by atoms with E-state index in [4.69, 9.17) is 11.5 Å². The Hall–Kier alpha value is -5.18. The topological polar surface area (TPSA) is 190 Å². The number of nitro groups is 2. The van der Waals surface area contributed by atoms with Crippen LogP contribution < -0.4 is 21.7 Å². The van der Waals surface area contributed by atoms with Crippen molar-refractivity contribution in [1.82, 2.24) is 4.98 Å². The fourth-order valence-electron chi connectivity index (χ4n) is 4.25. The largest absolute Gasteiger partial charge is 0.397 e. The van der Waals surface area contributed by atoms with E-state index < -0.39 is 15.8 Å². The fraction of sp³-hybridized carbons (Fsp3) is 0.0476. The Morgan fingerprint density at radius 1 is 1.06 bits per heavy atom. The van der Waals surface area contributed by atoms with Crippen molar-refractivity contribution in [2.75, 3.05) is 21.7 Å². The maximum absolute atomic E-state index is 12.4. The number of hydrogen-bond acceptors (Lipinski definition) is 10. The van der Waals surface area contributed by atoms with E-state index in [-0.39, 0.29) is 45.7 Å². The second-order valence-electron chi connectivity index (χ2n) is 7.38. The summed E-state index contributed by atoms with van der Waals surface area (Å²) in [6, 6.07) is 14.3. The molecule has 1 aromatic heterocycles. The molecule has 0 amide bonds. The number of allylic oxidation sites excluding steroid dienone is 1. The van der Waals surface area contributed by atoms with E-state index in [1.54, 1.807) is 29.2 Å². The lowest BCUT2D eigenvalue weighted by atomic mass is 9.84. The molecule has 1 atom stereocenters. The fourth-order valence-corrected chi connectivity index (χ4v) is 4.25. The first-order valence-electron chi connectivity index (χ1n) is 9.61. The zero-order valence-electron chi connectivity index (χ0n) is 16.7. The van der Waals surface area contributed by atoms with Gasteiger partial charge in [-0.15, -0.1) is 0 Å². The van der Waals surface area contributed by atoms with Crippen LogP contribution in [0.1, 0.15) is 22.6 Å². The lowest BCUT2D eigenvalue weighted by Crippen LogP contribution is -2.32. The summed E-state index contributed by atoms with van der Waals surface area (Å²) in [7, 11) is 0. The smallest absolute Gasteiger partial charge is 0.299 e. The molecule has 12 heteroatoms. The van der Waals surface area contributed by atoms with Gasteiger partial charge in [-0.25, -0.2) is 4.98 Å². The third-order valence-electron chi connectivity index (χ3n) is 5.67. The first-order valence-corrected chi connectivity index (χ1v) is 9.61. The Morgan fingerprint density at radius 2 is 1.76 bits per heavy atom. The van der Waals surface area contributed by atoms with E-state index >= 15 is 0 Å². The molecule has 5 N–H and O–H groups in total. The Morgan fingerprint density at radius 3 is 2.39 bits per heavy atom. The zero-order chi connectivity index (χ0) is 23.4. The average molecular weight is 442 g/mol. The number of fused-ring (bicyclic) bond motifs is 5. The van der Waals surface area contributed by atoms with E-state index in [9.17, 15) is 25.5 Å². The van der Waals surface area contributed by atoms with Crippen molar-refractivity contribution in [1.29, 1.82) is 5.26 Å². The molecule has 2 aliphatic heterocycles. The van der Waals surface area contributed by atoms with Crippen LogP contribution in [0.5, 0.6) is 0 Å². The predicted octanol–water partition coefficient (Wildman–Crippen LogP) is 3.18. The van der Waals surface area contributed by atoms with Gasteiger partial charge in [0.05, 0.1) is 26.9 Å². The van der Waals surface area contributed by atoms with Gasteiger partial charge in [0.2, 0.25) is 0 Å². The summed E-state index contributed by atoms with van der Waals surface area (Å²) >= 11 is 0. The molecule has 0 radical (unpaired) electrons. The summed E-state index contributed by atoms with van der Waals surface area (Å²) in [5, 5.41) is 36.1.